The molecule has 4 nitrogen and oxygen atoms in total. The number of aromatic nitrogens is 2. The summed E-state index contributed by atoms with van der Waals surface area (Å²) in [6.45, 7) is 0. The van der Waals surface area contributed by atoms with Crippen LogP contribution in [0.25, 0.3) is 120 Å². The molecule has 17 aromatic rings. The van der Waals surface area contributed by atoms with E-state index in [1.54, 1.807) is 0 Å². The fourth-order valence-electron chi connectivity index (χ4n) is 13.5. The second-order valence-electron chi connectivity index (χ2n) is 20.7. The fraction of sp³-hybridized carbons (Fsp3) is 0. The van der Waals surface area contributed by atoms with Gasteiger partial charge < -0.3 is 18.6 Å². The molecule has 4 aromatic heterocycles. The molecule has 0 bridgehead atoms. The highest BCUT2D eigenvalue weighted by atomic mass is 15.2. The smallest absolute Gasteiger partial charge is 0.0641 e. The van der Waals surface area contributed by atoms with Crippen LogP contribution in [0.1, 0.15) is 0 Å². The largest absolute Gasteiger partial charge is 0.310 e. The molecule has 0 spiro atoms. The maximum absolute atomic E-state index is 2.62. The van der Waals surface area contributed by atoms with Crippen LogP contribution >= 0.6 is 0 Å². The molecule has 0 amide bonds. The second-order valence-corrected chi connectivity index (χ2v) is 20.7. The normalized spacial score (nSPS) is 12.1. The lowest BCUT2D eigenvalue weighted by Gasteiger charge is -2.26. The summed E-state index contributed by atoms with van der Waals surface area (Å²) < 4.78 is 5.24. The van der Waals surface area contributed by atoms with E-state index in [4.69, 9.17) is 0 Å². The van der Waals surface area contributed by atoms with Crippen molar-refractivity contribution in [3.05, 3.63) is 279 Å². The van der Waals surface area contributed by atoms with Gasteiger partial charge in [-0.25, -0.2) is 0 Å². The van der Waals surface area contributed by atoms with Crippen molar-refractivity contribution in [3.63, 3.8) is 0 Å². The first-order chi connectivity index (χ1) is 38.8. The lowest BCUT2D eigenvalue weighted by Crippen LogP contribution is -2.10. The minimum atomic E-state index is 1.11. The van der Waals surface area contributed by atoms with Gasteiger partial charge in [-0.15, -0.1) is 0 Å². The van der Waals surface area contributed by atoms with E-state index in [2.05, 4.69) is 298 Å². The molecule has 0 fully saturated rings. The van der Waals surface area contributed by atoms with Gasteiger partial charge in [0.05, 0.1) is 44.5 Å². The number of hydrogen-bond acceptors (Lipinski definition) is 2. The molecule has 0 saturated carbocycles. The van der Waals surface area contributed by atoms with Gasteiger partial charge in [0.2, 0.25) is 0 Å². The van der Waals surface area contributed by atoms with Crippen LogP contribution in [-0.2, 0) is 0 Å². The minimum absolute atomic E-state index is 1.11. The predicted molar refractivity (Wildman–Crippen MR) is 331 cm³/mol. The molecule has 17 rings (SSSR count). The quantitative estimate of drug-likeness (QED) is 0.151. The first-order valence-corrected chi connectivity index (χ1v) is 26.9. The zero-order valence-corrected chi connectivity index (χ0v) is 42.3. The Hall–Kier alpha value is -10.4. The molecule has 362 valence electrons. The Morgan fingerprint density at radius 2 is 0.538 bits per heavy atom. The van der Waals surface area contributed by atoms with E-state index in [9.17, 15) is 0 Å². The van der Waals surface area contributed by atoms with Crippen molar-refractivity contribution >= 4 is 132 Å². The van der Waals surface area contributed by atoms with Crippen LogP contribution in [-0.4, -0.2) is 8.80 Å². The maximum Gasteiger partial charge on any atom is 0.0641 e. The van der Waals surface area contributed by atoms with Crippen molar-refractivity contribution in [1.82, 2.24) is 8.80 Å². The summed E-state index contributed by atoms with van der Waals surface area (Å²) in [5, 5.41) is 14.7. The maximum atomic E-state index is 2.62. The second kappa shape index (κ2) is 16.5. The first-order valence-electron chi connectivity index (χ1n) is 26.9. The third-order valence-corrected chi connectivity index (χ3v) is 16.7. The zero-order chi connectivity index (χ0) is 51.0. The number of rotatable bonds is 8. The standard InChI is InChI=1S/C74H46N4/c1-5-25-49(26-6-1)75(50-27-7-2-8-28-50)65-43-41-59-63-45-68-64(46-67(63)77-71-57(37-19-39-61(71)69(65)73(59)77)55-35-17-23-47-21-13-15-33-53(47)55)60-42-44-66(76(51-29-9-3-10-30-51)52-31-11-4-12-32-52)70-62-40-20-38-58(72(62)78(68)74(60)70)56-36-18-24-48-22-14-16-34-54(48)56/h1-46H. The molecule has 0 N–H and O–H groups in total. The summed E-state index contributed by atoms with van der Waals surface area (Å²) in [7, 11) is 0. The van der Waals surface area contributed by atoms with Gasteiger partial charge in [0.15, 0.2) is 0 Å². The summed E-state index contributed by atoms with van der Waals surface area (Å²) >= 11 is 0. The third-order valence-electron chi connectivity index (χ3n) is 16.7. The Labute approximate surface area is 449 Å². The molecule has 0 aliphatic heterocycles. The summed E-state index contributed by atoms with van der Waals surface area (Å²) in [4.78, 5) is 4.88. The number of para-hydroxylation sites is 6. The molecule has 4 heterocycles. The van der Waals surface area contributed by atoms with Crippen molar-refractivity contribution in [2.75, 3.05) is 9.80 Å². The predicted octanol–water partition coefficient (Wildman–Crippen LogP) is 20.6. The number of hydrogen-bond donors (Lipinski definition) is 0. The molecule has 0 aliphatic rings. The SMILES string of the molecule is c1ccc(N(c2ccccc2)c2ccc3c4cc5c(cc4n4c6c(-c7cccc8ccccc78)cccc6c2c34)c2ccc(N(c3ccccc3)c3ccccc3)c3c4cccc(-c6cccc7ccccc67)c4n5c23)cc1. The van der Waals surface area contributed by atoms with Crippen LogP contribution in [0.15, 0.2) is 279 Å². The zero-order valence-electron chi connectivity index (χ0n) is 42.3. The van der Waals surface area contributed by atoms with Crippen LogP contribution in [0.4, 0.5) is 34.1 Å². The van der Waals surface area contributed by atoms with Crippen LogP contribution in [0, 0.1) is 0 Å². The van der Waals surface area contributed by atoms with Crippen LogP contribution < -0.4 is 9.80 Å². The van der Waals surface area contributed by atoms with Crippen LogP contribution in [0.5, 0.6) is 0 Å². The molecule has 0 saturated heterocycles. The van der Waals surface area contributed by atoms with E-state index < -0.39 is 0 Å². The summed E-state index contributed by atoms with van der Waals surface area (Å²) in [5.74, 6) is 0. The highest BCUT2D eigenvalue weighted by Gasteiger charge is 2.30. The van der Waals surface area contributed by atoms with E-state index in [0.29, 0.717) is 0 Å². The molecule has 78 heavy (non-hydrogen) atoms. The Morgan fingerprint density at radius 3 is 0.936 bits per heavy atom. The molecule has 0 radical (unpaired) electrons. The van der Waals surface area contributed by atoms with Gasteiger partial charge in [0.25, 0.3) is 0 Å². The highest BCUT2D eigenvalue weighted by molar-refractivity contribution is 6.34. The lowest BCUT2D eigenvalue weighted by atomic mass is 9.95. The fourth-order valence-corrected chi connectivity index (χ4v) is 13.5. The third kappa shape index (κ3) is 6.00. The van der Waals surface area contributed by atoms with Gasteiger partial charge in [-0.1, -0.05) is 206 Å². The Morgan fingerprint density at radius 1 is 0.218 bits per heavy atom. The highest BCUT2D eigenvalue weighted by Crippen LogP contribution is 2.53. The van der Waals surface area contributed by atoms with E-state index in [1.807, 2.05) is 0 Å². The van der Waals surface area contributed by atoms with E-state index in [0.717, 1.165) is 34.1 Å². The molecular formula is C74H46N4. The van der Waals surface area contributed by atoms with E-state index in [-0.39, 0.29) is 0 Å². The van der Waals surface area contributed by atoms with Crippen molar-refractivity contribution in [2.45, 2.75) is 0 Å². The van der Waals surface area contributed by atoms with Crippen LogP contribution in [0.3, 0.4) is 0 Å². The van der Waals surface area contributed by atoms with Crippen molar-refractivity contribution < 1.29 is 0 Å². The van der Waals surface area contributed by atoms with Crippen molar-refractivity contribution in [1.29, 1.82) is 0 Å². The molecule has 0 aliphatic carbocycles. The van der Waals surface area contributed by atoms with Gasteiger partial charge in [0.1, 0.15) is 0 Å². The Bertz CT molecular complexity index is 4780. The van der Waals surface area contributed by atoms with Crippen molar-refractivity contribution in [2.24, 2.45) is 0 Å². The number of nitrogens with zero attached hydrogens (tertiary/aromatic N) is 4. The summed E-state index contributed by atoms with van der Waals surface area (Å²) in [6, 6.07) is 103. The molecule has 4 heteroatoms. The van der Waals surface area contributed by atoms with Gasteiger partial charge in [0, 0.05) is 77.0 Å². The van der Waals surface area contributed by atoms with E-state index in [1.165, 1.54) is 120 Å². The Balaban J connectivity index is 1.05. The van der Waals surface area contributed by atoms with Gasteiger partial charge >= 0.3 is 0 Å². The molecular weight excluding hydrogens is 945 g/mol. The van der Waals surface area contributed by atoms with Gasteiger partial charge in [-0.3, -0.25) is 0 Å². The first kappa shape index (κ1) is 42.9. The molecule has 0 atom stereocenters. The average molecular weight is 991 g/mol. The minimum Gasteiger partial charge on any atom is -0.310 e. The molecule has 13 aromatic carbocycles. The van der Waals surface area contributed by atoms with Crippen LogP contribution in [0.2, 0.25) is 0 Å². The number of fused-ring (bicyclic) bond motifs is 14. The van der Waals surface area contributed by atoms with Gasteiger partial charge in [-0.2, -0.15) is 0 Å². The molecule has 0 unspecified atom stereocenters. The number of anilines is 6. The van der Waals surface area contributed by atoms with E-state index >= 15 is 0 Å². The summed E-state index contributed by atoms with van der Waals surface area (Å²) in [6.07, 6.45) is 0. The Kier molecular flexibility index (Phi) is 9.09. The summed E-state index contributed by atoms with van der Waals surface area (Å²) in [5.41, 5.74) is 18.8. The average Bonchev–Trinajstić information content (AvgIpc) is 4.39. The van der Waals surface area contributed by atoms with Crippen molar-refractivity contribution in [3.8, 4) is 22.3 Å². The number of benzene rings is 13. The topological polar surface area (TPSA) is 15.3 Å². The van der Waals surface area contributed by atoms with Gasteiger partial charge in [-0.05, 0) is 105 Å². The lowest BCUT2D eigenvalue weighted by molar-refractivity contribution is 1.30. The monoisotopic (exact) mass is 990 g/mol.